The first kappa shape index (κ1) is 37.4. The minimum Gasteiger partial charge on any atom is -0.483 e. The number of carboxylic acid groups (broad SMARTS) is 1. The van der Waals surface area contributed by atoms with Gasteiger partial charge in [0.25, 0.3) is 6.47 Å². The van der Waals surface area contributed by atoms with E-state index in [1.807, 2.05) is 41.7 Å². The molecule has 0 bridgehead atoms. The van der Waals surface area contributed by atoms with Crippen molar-refractivity contribution in [3.05, 3.63) is 13.2 Å². The normalized spacial score (nSPS) is 11.5. The molecule has 0 fully saturated rings. The summed E-state index contributed by atoms with van der Waals surface area (Å²) in [4.78, 5) is 8.36. The van der Waals surface area contributed by atoms with Crippen LogP contribution >= 0.6 is 0 Å². The van der Waals surface area contributed by atoms with Crippen molar-refractivity contribution in [3.63, 3.8) is 0 Å². The molecule has 0 aromatic heterocycles. The smallest absolute Gasteiger partial charge is 0.290 e. The van der Waals surface area contributed by atoms with Crippen LogP contribution in [0.4, 0.5) is 0 Å². The van der Waals surface area contributed by atoms with Gasteiger partial charge in [0.1, 0.15) is 0 Å². The van der Waals surface area contributed by atoms with Crippen LogP contribution in [-0.2, 0) is 4.79 Å². The SMILES string of the molecule is C.C=C.CC.CC.CCCC(C)(CC(O)CC)NC.O=CO. The van der Waals surface area contributed by atoms with Crippen molar-refractivity contribution >= 4 is 6.47 Å². The maximum Gasteiger partial charge on any atom is 0.290 e. The molecule has 0 aromatic carbocycles. The number of hydrogen-bond donors (Lipinski definition) is 3. The number of aliphatic hydroxyl groups is 1. The Kier molecular flexibility index (Phi) is 62.7. The van der Waals surface area contributed by atoms with Gasteiger partial charge in [-0.1, -0.05) is 55.4 Å². The quantitative estimate of drug-likeness (QED) is 0.469. The summed E-state index contributed by atoms with van der Waals surface area (Å²) in [5.41, 5.74) is 0.115. The van der Waals surface area contributed by atoms with Crippen molar-refractivity contribution in [2.24, 2.45) is 0 Å². The van der Waals surface area contributed by atoms with Crippen LogP contribution in [0.15, 0.2) is 13.2 Å². The van der Waals surface area contributed by atoms with E-state index in [2.05, 4.69) is 32.3 Å². The van der Waals surface area contributed by atoms with E-state index in [1.165, 1.54) is 0 Å². The van der Waals surface area contributed by atoms with Gasteiger partial charge in [-0.05, 0) is 33.2 Å². The van der Waals surface area contributed by atoms with Gasteiger partial charge >= 0.3 is 0 Å². The van der Waals surface area contributed by atoms with Gasteiger partial charge in [-0.25, -0.2) is 0 Å². The highest BCUT2D eigenvalue weighted by Crippen LogP contribution is 2.19. The van der Waals surface area contributed by atoms with Gasteiger partial charge in [-0.15, -0.1) is 13.2 Å². The van der Waals surface area contributed by atoms with Crippen LogP contribution in [0, 0.1) is 0 Å². The standard InChI is InChI=1S/C10H23NO.2C2H6.C2H4.CH2O2.CH4/c1-5-7-10(3,11-4)8-9(12)6-2;3*1-2;2-1-3;/h9,11-12H,5-8H2,1-4H3;2*1-2H3;1-2H2;1H,(H,2,3);1H4. The first-order valence-electron chi connectivity index (χ1n) is 7.94. The molecule has 3 N–H and O–H groups in total. The van der Waals surface area contributed by atoms with Gasteiger partial charge in [0.15, 0.2) is 0 Å². The third-order valence-corrected chi connectivity index (χ3v) is 2.56. The molecule has 0 rings (SSSR count). The summed E-state index contributed by atoms with van der Waals surface area (Å²) in [7, 11) is 1.97. The lowest BCUT2D eigenvalue weighted by atomic mass is 9.89. The van der Waals surface area contributed by atoms with Gasteiger partial charge in [0, 0.05) is 5.54 Å². The Balaban J connectivity index is -0.0000000542. The zero-order valence-corrected chi connectivity index (χ0v) is 15.7. The molecular formula is C18H45NO3. The highest BCUT2D eigenvalue weighted by molar-refractivity contribution is 5.32. The van der Waals surface area contributed by atoms with Gasteiger partial charge in [-0.2, -0.15) is 0 Å². The monoisotopic (exact) mass is 323 g/mol. The summed E-state index contributed by atoms with van der Waals surface area (Å²) in [6.07, 6.45) is 3.83. The summed E-state index contributed by atoms with van der Waals surface area (Å²) < 4.78 is 0. The summed E-state index contributed by atoms with van der Waals surface area (Å²) in [5, 5.41) is 19.7. The molecular weight excluding hydrogens is 278 g/mol. The van der Waals surface area contributed by atoms with Gasteiger partial charge in [0.05, 0.1) is 6.10 Å². The lowest BCUT2D eigenvalue weighted by Crippen LogP contribution is -2.42. The number of hydrogen-bond acceptors (Lipinski definition) is 3. The molecule has 0 aliphatic carbocycles. The predicted molar refractivity (Wildman–Crippen MR) is 103 cm³/mol. The molecule has 0 heterocycles. The second kappa shape index (κ2) is 36.9. The Labute approximate surface area is 141 Å². The van der Waals surface area contributed by atoms with Crippen LogP contribution in [0.5, 0.6) is 0 Å². The average molecular weight is 324 g/mol. The average Bonchev–Trinajstić information content (AvgIpc) is 2.54. The molecule has 140 valence electrons. The fraction of sp³-hybridized carbons (Fsp3) is 0.833. The zero-order valence-electron chi connectivity index (χ0n) is 15.7. The van der Waals surface area contributed by atoms with Crippen LogP contribution in [0.1, 0.15) is 81.6 Å². The van der Waals surface area contributed by atoms with Crippen molar-refractivity contribution in [2.45, 2.75) is 93.2 Å². The Morgan fingerprint density at radius 3 is 1.68 bits per heavy atom. The van der Waals surface area contributed by atoms with E-state index in [9.17, 15) is 5.11 Å². The summed E-state index contributed by atoms with van der Waals surface area (Å²) in [5.74, 6) is 0. The zero-order chi connectivity index (χ0) is 18.3. The van der Waals surface area contributed by atoms with Crippen molar-refractivity contribution in [1.29, 1.82) is 0 Å². The van der Waals surface area contributed by atoms with E-state index in [0.717, 1.165) is 25.7 Å². The maximum atomic E-state index is 9.51. The molecule has 0 spiro atoms. The summed E-state index contributed by atoms with van der Waals surface area (Å²) in [6, 6.07) is 0. The Morgan fingerprint density at radius 2 is 1.50 bits per heavy atom. The fourth-order valence-corrected chi connectivity index (χ4v) is 1.55. The number of rotatable bonds is 6. The van der Waals surface area contributed by atoms with E-state index >= 15 is 0 Å². The maximum absolute atomic E-state index is 9.51. The highest BCUT2D eigenvalue weighted by Gasteiger charge is 2.23. The van der Waals surface area contributed by atoms with E-state index in [1.54, 1.807) is 0 Å². The summed E-state index contributed by atoms with van der Waals surface area (Å²) >= 11 is 0. The van der Waals surface area contributed by atoms with Crippen molar-refractivity contribution in [3.8, 4) is 0 Å². The Morgan fingerprint density at radius 1 is 1.18 bits per heavy atom. The highest BCUT2D eigenvalue weighted by atomic mass is 16.3. The fourth-order valence-electron chi connectivity index (χ4n) is 1.55. The van der Waals surface area contributed by atoms with Gasteiger partial charge in [-0.3, -0.25) is 4.79 Å². The van der Waals surface area contributed by atoms with Crippen molar-refractivity contribution in [2.75, 3.05) is 7.05 Å². The molecule has 2 atom stereocenters. The molecule has 0 saturated carbocycles. The second-order valence-electron chi connectivity index (χ2n) is 3.93. The predicted octanol–water partition coefficient (Wildman–Crippen LogP) is 5.12. The largest absolute Gasteiger partial charge is 0.483 e. The third kappa shape index (κ3) is 36.5. The molecule has 0 amide bonds. The second-order valence-corrected chi connectivity index (χ2v) is 3.93. The van der Waals surface area contributed by atoms with Crippen LogP contribution in [0.2, 0.25) is 0 Å². The molecule has 2 unspecified atom stereocenters. The van der Waals surface area contributed by atoms with Crippen LogP contribution in [-0.4, -0.2) is 35.4 Å². The molecule has 0 aromatic rings. The van der Waals surface area contributed by atoms with Gasteiger partial charge < -0.3 is 15.5 Å². The number of nitrogens with one attached hydrogen (secondary N) is 1. The summed E-state index contributed by atoms with van der Waals surface area (Å²) in [6.45, 7) is 20.1. The third-order valence-electron chi connectivity index (χ3n) is 2.56. The van der Waals surface area contributed by atoms with Crippen molar-refractivity contribution < 1.29 is 15.0 Å². The van der Waals surface area contributed by atoms with Crippen LogP contribution in [0.25, 0.3) is 0 Å². The lowest BCUT2D eigenvalue weighted by molar-refractivity contribution is -0.122. The number of carbonyl (C=O) groups is 1. The molecule has 4 heteroatoms. The minimum atomic E-state index is -0.250. The Hall–Kier alpha value is -0.870. The van der Waals surface area contributed by atoms with E-state index in [4.69, 9.17) is 9.90 Å². The van der Waals surface area contributed by atoms with Crippen LogP contribution in [0.3, 0.4) is 0 Å². The van der Waals surface area contributed by atoms with Gasteiger partial charge in [0.2, 0.25) is 0 Å². The van der Waals surface area contributed by atoms with Crippen molar-refractivity contribution in [1.82, 2.24) is 5.32 Å². The molecule has 0 aliphatic heterocycles. The molecule has 0 saturated heterocycles. The topological polar surface area (TPSA) is 69.6 Å². The van der Waals surface area contributed by atoms with E-state index in [0.29, 0.717) is 0 Å². The molecule has 22 heavy (non-hydrogen) atoms. The first-order chi connectivity index (χ1) is 9.99. The Bertz CT molecular complexity index is 166. The van der Waals surface area contributed by atoms with E-state index in [-0.39, 0.29) is 25.5 Å². The molecule has 0 aliphatic rings. The minimum absolute atomic E-state index is 0. The van der Waals surface area contributed by atoms with E-state index < -0.39 is 0 Å². The molecule has 0 radical (unpaired) electrons. The van der Waals surface area contributed by atoms with Crippen LogP contribution < -0.4 is 5.32 Å². The lowest BCUT2D eigenvalue weighted by Gasteiger charge is -2.30. The number of aliphatic hydroxyl groups excluding tert-OH is 1. The first-order valence-corrected chi connectivity index (χ1v) is 7.94. The molecule has 4 nitrogen and oxygen atoms in total.